The highest BCUT2D eigenvalue weighted by molar-refractivity contribution is 6.10. The quantitative estimate of drug-likeness (QED) is 0.489. The van der Waals surface area contributed by atoms with Crippen LogP contribution in [0.3, 0.4) is 0 Å². The van der Waals surface area contributed by atoms with E-state index in [0.29, 0.717) is 0 Å². The predicted octanol–water partition coefficient (Wildman–Crippen LogP) is -1.43. The first-order valence-electron chi connectivity index (χ1n) is 8.57. The molecule has 2 rings (SSSR count). The van der Waals surface area contributed by atoms with Crippen LogP contribution in [-0.2, 0) is 33.4 Å². The number of guanidine groups is 1. The standard InChI is InChI=1S/C17H23N3O8/c1-7(21)17-11(14(25)19-15(20-17)18-8(2)22)6-16(5,26)12(27-9(3)23)13(17)28-10(4)24/h11-13,26H,6H2,1-5H3,(H2,18,19,20,22,25)/t11-,12-,13+,16-,17+/m1/s1. The first-order chi connectivity index (χ1) is 12.8. The van der Waals surface area contributed by atoms with Gasteiger partial charge in [0.15, 0.2) is 23.5 Å². The van der Waals surface area contributed by atoms with Crippen molar-refractivity contribution in [3.63, 3.8) is 0 Å². The Kier molecular flexibility index (Phi) is 5.60. The van der Waals surface area contributed by atoms with Gasteiger partial charge in [0.05, 0.1) is 5.92 Å². The van der Waals surface area contributed by atoms with Crippen LogP contribution in [0.15, 0.2) is 4.99 Å². The number of Topliss-reactive ketones (excluding diaryl/α,β-unsaturated/α-hetero) is 1. The number of amides is 2. The van der Waals surface area contributed by atoms with Gasteiger partial charge >= 0.3 is 11.9 Å². The number of nitrogens with zero attached hydrogens (tertiary/aromatic N) is 1. The molecular weight excluding hydrogens is 374 g/mol. The molecule has 5 atom stereocenters. The molecule has 0 bridgehead atoms. The smallest absolute Gasteiger partial charge is 0.303 e. The van der Waals surface area contributed by atoms with Crippen molar-refractivity contribution in [3.05, 3.63) is 0 Å². The lowest BCUT2D eigenvalue weighted by Crippen LogP contribution is -2.74. The van der Waals surface area contributed by atoms with Crippen molar-refractivity contribution in [1.82, 2.24) is 10.6 Å². The van der Waals surface area contributed by atoms with Gasteiger partial charge < -0.3 is 14.6 Å². The van der Waals surface area contributed by atoms with Gasteiger partial charge in [-0.25, -0.2) is 4.99 Å². The van der Waals surface area contributed by atoms with E-state index in [1.165, 1.54) is 13.8 Å². The first-order valence-corrected chi connectivity index (χ1v) is 8.57. The maximum absolute atomic E-state index is 12.8. The minimum absolute atomic E-state index is 0.301. The molecule has 0 aromatic carbocycles. The number of aliphatic hydroxyl groups is 1. The lowest BCUT2D eigenvalue weighted by Gasteiger charge is -2.53. The van der Waals surface area contributed by atoms with Gasteiger partial charge in [0, 0.05) is 20.8 Å². The van der Waals surface area contributed by atoms with Crippen LogP contribution in [0.4, 0.5) is 0 Å². The van der Waals surface area contributed by atoms with E-state index < -0.39 is 58.8 Å². The van der Waals surface area contributed by atoms with E-state index in [0.717, 1.165) is 20.8 Å². The molecule has 0 spiro atoms. The number of ether oxygens (including phenoxy) is 2. The summed E-state index contributed by atoms with van der Waals surface area (Å²) in [5, 5.41) is 15.5. The second kappa shape index (κ2) is 7.30. The molecule has 11 nitrogen and oxygen atoms in total. The van der Waals surface area contributed by atoms with Crippen LogP contribution in [0.2, 0.25) is 0 Å². The molecule has 1 aliphatic carbocycles. The van der Waals surface area contributed by atoms with Crippen molar-refractivity contribution in [2.75, 3.05) is 0 Å². The lowest BCUT2D eigenvalue weighted by molar-refractivity contribution is -0.218. The molecule has 1 heterocycles. The number of fused-ring (bicyclic) bond motifs is 1. The molecule has 154 valence electrons. The van der Waals surface area contributed by atoms with Crippen LogP contribution in [-0.4, -0.2) is 64.0 Å². The van der Waals surface area contributed by atoms with E-state index in [1.807, 2.05) is 0 Å². The number of aliphatic imine (C=N–C) groups is 1. The van der Waals surface area contributed by atoms with Gasteiger partial charge in [0.1, 0.15) is 5.60 Å². The van der Waals surface area contributed by atoms with Crippen LogP contribution in [0.1, 0.15) is 41.0 Å². The maximum atomic E-state index is 12.8. The molecule has 1 fully saturated rings. The Morgan fingerprint density at radius 1 is 1.11 bits per heavy atom. The summed E-state index contributed by atoms with van der Waals surface area (Å²) in [7, 11) is 0. The molecule has 0 saturated heterocycles. The second-order valence-electron chi connectivity index (χ2n) is 7.19. The van der Waals surface area contributed by atoms with Crippen molar-refractivity contribution in [1.29, 1.82) is 0 Å². The lowest BCUT2D eigenvalue weighted by atomic mass is 9.61. The average Bonchev–Trinajstić information content (AvgIpc) is 2.50. The van der Waals surface area contributed by atoms with Gasteiger partial charge in [-0.1, -0.05) is 0 Å². The molecule has 0 unspecified atom stereocenters. The number of ketones is 1. The van der Waals surface area contributed by atoms with Gasteiger partial charge in [-0.3, -0.25) is 34.6 Å². The molecule has 28 heavy (non-hydrogen) atoms. The number of hydrogen-bond donors (Lipinski definition) is 3. The number of hydrogen-bond acceptors (Lipinski definition) is 9. The van der Waals surface area contributed by atoms with Crippen LogP contribution in [0.5, 0.6) is 0 Å². The highest BCUT2D eigenvalue weighted by atomic mass is 16.6. The zero-order chi connectivity index (χ0) is 21.4. The minimum atomic E-state index is -1.99. The fraction of sp³-hybridized carbons (Fsp3) is 0.647. The SMILES string of the molecule is CC(=O)NC1=N[C@@]2(C(C)=O)[C@H](C[C@@](C)(O)[C@H](OC(C)=O)[C@@H]2OC(C)=O)C(=O)N1. The molecule has 2 amide bonds. The molecule has 11 heteroatoms. The Hall–Kier alpha value is -2.82. The van der Waals surface area contributed by atoms with E-state index in [9.17, 15) is 29.1 Å². The molecule has 3 N–H and O–H groups in total. The van der Waals surface area contributed by atoms with E-state index in [-0.39, 0.29) is 12.4 Å². The van der Waals surface area contributed by atoms with E-state index >= 15 is 0 Å². The number of carbonyl (C=O) groups is 5. The van der Waals surface area contributed by atoms with E-state index in [1.54, 1.807) is 0 Å². The monoisotopic (exact) mass is 397 g/mol. The topological polar surface area (TPSA) is 160 Å². The highest BCUT2D eigenvalue weighted by Gasteiger charge is 2.68. The highest BCUT2D eigenvalue weighted by Crippen LogP contribution is 2.47. The van der Waals surface area contributed by atoms with Gasteiger partial charge in [0.25, 0.3) is 0 Å². The van der Waals surface area contributed by atoms with Crippen LogP contribution in [0.25, 0.3) is 0 Å². The number of esters is 2. The minimum Gasteiger partial charge on any atom is -0.455 e. The summed E-state index contributed by atoms with van der Waals surface area (Å²) in [5.41, 5.74) is -3.79. The third-order valence-electron chi connectivity index (χ3n) is 4.77. The van der Waals surface area contributed by atoms with E-state index in [4.69, 9.17) is 9.47 Å². The summed E-state index contributed by atoms with van der Waals surface area (Å²) in [5.74, 6) is -5.06. The van der Waals surface area contributed by atoms with Crippen molar-refractivity contribution < 1.29 is 38.6 Å². The van der Waals surface area contributed by atoms with Crippen molar-refractivity contribution in [3.8, 4) is 0 Å². The third-order valence-corrected chi connectivity index (χ3v) is 4.77. The fourth-order valence-electron chi connectivity index (χ4n) is 3.74. The zero-order valence-corrected chi connectivity index (χ0v) is 16.2. The normalized spacial score (nSPS) is 34.3. The van der Waals surface area contributed by atoms with Crippen molar-refractivity contribution in [2.45, 2.75) is 64.4 Å². The Labute approximate surface area is 160 Å². The van der Waals surface area contributed by atoms with Crippen LogP contribution >= 0.6 is 0 Å². The van der Waals surface area contributed by atoms with Crippen molar-refractivity contribution in [2.24, 2.45) is 10.9 Å². The van der Waals surface area contributed by atoms with Crippen LogP contribution < -0.4 is 10.6 Å². The Morgan fingerprint density at radius 3 is 2.11 bits per heavy atom. The molecule has 2 aliphatic rings. The summed E-state index contributed by atoms with van der Waals surface area (Å²) in [4.78, 5) is 64.5. The largest absolute Gasteiger partial charge is 0.455 e. The van der Waals surface area contributed by atoms with Gasteiger partial charge in [0.2, 0.25) is 17.8 Å². The van der Waals surface area contributed by atoms with Crippen LogP contribution in [0, 0.1) is 5.92 Å². The van der Waals surface area contributed by atoms with E-state index in [2.05, 4.69) is 15.6 Å². The molecule has 0 radical (unpaired) electrons. The zero-order valence-electron chi connectivity index (χ0n) is 16.2. The molecule has 0 aromatic rings. The summed E-state index contributed by atoms with van der Waals surface area (Å²) in [6, 6.07) is 0. The van der Waals surface area contributed by atoms with Crippen molar-refractivity contribution >= 4 is 35.5 Å². The molecule has 1 aliphatic heterocycles. The summed E-state index contributed by atoms with van der Waals surface area (Å²) in [6.45, 7) is 5.78. The Morgan fingerprint density at radius 2 is 1.64 bits per heavy atom. The summed E-state index contributed by atoms with van der Waals surface area (Å²) in [6.07, 6.45) is -3.36. The summed E-state index contributed by atoms with van der Waals surface area (Å²) >= 11 is 0. The fourth-order valence-corrected chi connectivity index (χ4v) is 3.74. The Bertz CT molecular complexity index is 774. The number of nitrogens with one attached hydrogen (secondary N) is 2. The molecule has 0 aromatic heterocycles. The van der Waals surface area contributed by atoms with Gasteiger partial charge in [-0.2, -0.15) is 0 Å². The molecular formula is C17H23N3O8. The molecule has 1 saturated carbocycles. The number of rotatable bonds is 3. The first kappa shape index (κ1) is 21.5. The predicted molar refractivity (Wildman–Crippen MR) is 92.6 cm³/mol. The van der Waals surface area contributed by atoms with Gasteiger partial charge in [-0.15, -0.1) is 0 Å². The number of carbonyl (C=O) groups excluding carboxylic acids is 5. The summed E-state index contributed by atoms with van der Waals surface area (Å²) < 4.78 is 10.5. The van der Waals surface area contributed by atoms with Gasteiger partial charge in [-0.05, 0) is 20.3 Å². The Balaban J connectivity index is 2.74. The maximum Gasteiger partial charge on any atom is 0.303 e. The average molecular weight is 397 g/mol. The second-order valence-corrected chi connectivity index (χ2v) is 7.19. The third kappa shape index (κ3) is 3.75.